The van der Waals surface area contributed by atoms with Crippen LogP contribution in [-0.4, -0.2) is 41.9 Å². The number of hydrogen-bond donors (Lipinski definition) is 1. The van der Waals surface area contributed by atoms with E-state index in [0.29, 0.717) is 18.4 Å². The van der Waals surface area contributed by atoms with E-state index in [1.807, 2.05) is 20.8 Å². The summed E-state index contributed by atoms with van der Waals surface area (Å²) in [5, 5.41) is 3.65. The molecule has 1 aliphatic rings. The van der Waals surface area contributed by atoms with Crippen LogP contribution in [0, 0.1) is 5.41 Å². The summed E-state index contributed by atoms with van der Waals surface area (Å²) in [6, 6.07) is 0.603. The number of piperidine rings is 1. The van der Waals surface area contributed by atoms with Crippen LogP contribution in [0.25, 0.3) is 0 Å². The molecule has 106 valence electrons. The van der Waals surface area contributed by atoms with Crippen LogP contribution in [-0.2, 0) is 4.79 Å². The van der Waals surface area contributed by atoms with Crippen molar-refractivity contribution >= 4 is 5.78 Å². The van der Waals surface area contributed by atoms with E-state index >= 15 is 0 Å². The number of carbonyl (C=O) groups is 1. The van der Waals surface area contributed by atoms with Gasteiger partial charge in [0.15, 0.2) is 5.78 Å². The molecule has 0 spiro atoms. The lowest BCUT2D eigenvalue weighted by atomic mass is 9.90. The van der Waals surface area contributed by atoms with Gasteiger partial charge in [0, 0.05) is 30.1 Å². The van der Waals surface area contributed by atoms with Gasteiger partial charge in [-0.05, 0) is 33.6 Å². The summed E-state index contributed by atoms with van der Waals surface area (Å²) in [5.41, 5.74) is -0.0193. The summed E-state index contributed by atoms with van der Waals surface area (Å²) >= 11 is 0. The SMILES string of the molecule is CC(C)(C)NC1CCN(CC(=O)C(C)(C)C)CC1. The molecule has 0 aromatic carbocycles. The van der Waals surface area contributed by atoms with Crippen molar-refractivity contribution in [2.45, 2.75) is 66.0 Å². The van der Waals surface area contributed by atoms with Gasteiger partial charge in [-0.3, -0.25) is 9.69 Å². The van der Waals surface area contributed by atoms with Crippen LogP contribution in [0.15, 0.2) is 0 Å². The van der Waals surface area contributed by atoms with E-state index in [2.05, 4.69) is 31.0 Å². The highest BCUT2D eigenvalue weighted by Crippen LogP contribution is 2.18. The fraction of sp³-hybridized carbons (Fsp3) is 0.933. The molecule has 0 saturated carbocycles. The van der Waals surface area contributed by atoms with Crippen molar-refractivity contribution in [3.63, 3.8) is 0 Å². The third kappa shape index (κ3) is 5.49. The molecule has 1 N–H and O–H groups in total. The Morgan fingerprint density at radius 2 is 1.61 bits per heavy atom. The van der Waals surface area contributed by atoms with E-state index in [4.69, 9.17) is 0 Å². The fourth-order valence-corrected chi connectivity index (χ4v) is 2.29. The normalized spacial score (nSPS) is 20.1. The highest BCUT2D eigenvalue weighted by Gasteiger charge is 2.27. The van der Waals surface area contributed by atoms with Crippen molar-refractivity contribution in [1.29, 1.82) is 0 Å². The van der Waals surface area contributed by atoms with Gasteiger partial charge in [0.2, 0.25) is 0 Å². The Kier molecular flexibility index (Phi) is 4.96. The fourth-order valence-electron chi connectivity index (χ4n) is 2.29. The zero-order chi connectivity index (χ0) is 14.0. The number of nitrogens with one attached hydrogen (secondary N) is 1. The van der Waals surface area contributed by atoms with Crippen molar-refractivity contribution in [2.75, 3.05) is 19.6 Å². The number of carbonyl (C=O) groups excluding carboxylic acids is 1. The summed E-state index contributed by atoms with van der Waals surface area (Å²) < 4.78 is 0. The molecule has 0 atom stereocenters. The summed E-state index contributed by atoms with van der Waals surface area (Å²) in [5.74, 6) is 0.352. The second-order valence-corrected chi connectivity index (χ2v) is 7.62. The first-order valence-electron chi connectivity index (χ1n) is 7.11. The van der Waals surface area contributed by atoms with Crippen molar-refractivity contribution in [2.24, 2.45) is 5.41 Å². The van der Waals surface area contributed by atoms with Gasteiger partial charge in [-0.15, -0.1) is 0 Å². The molecule has 3 heteroatoms. The number of rotatable bonds is 3. The van der Waals surface area contributed by atoms with E-state index in [1.54, 1.807) is 0 Å². The lowest BCUT2D eigenvalue weighted by Crippen LogP contribution is -2.50. The molecule has 0 aromatic rings. The van der Waals surface area contributed by atoms with E-state index in [9.17, 15) is 4.79 Å². The highest BCUT2D eigenvalue weighted by molar-refractivity contribution is 5.85. The number of hydrogen-bond acceptors (Lipinski definition) is 3. The van der Waals surface area contributed by atoms with Gasteiger partial charge in [0.25, 0.3) is 0 Å². The predicted octanol–water partition coefficient (Wildman–Crippen LogP) is 2.45. The molecule has 1 saturated heterocycles. The zero-order valence-electron chi connectivity index (χ0n) is 13.0. The highest BCUT2D eigenvalue weighted by atomic mass is 16.1. The standard InChI is InChI=1S/C15H30N2O/c1-14(2,3)13(18)11-17-9-7-12(8-10-17)16-15(4,5)6/h12,16H,7-11H2,1-6H3. The molecule has 0 aliphatic carbocycles. The second kappa shape index (κ2) is 5.70. The largest absolute Gasteiger partial charge is 0.309 e. The molecule has 0 radical (unpaired) electrons. The molecule has 0 amide bonds. The summed E-state index contributed by atoms with van der Waals surface area (Å²) in [6.07, 6.45) is 2.30. The first-order chi connectivity index (χ1) is 8.08. The predicted molar refractivity (Wildman–Crippen MR) is 76.8 cm³/mol. The zero-order valence-corrected chi connectivity index (χ0v) is 13.0. The molecule has 1 heterocycles. The molecule has 1 fully saturated rings. The van der Waals surface area contributed by atoms with Crippen LogP contribution in [0.5, 0.6) is 0 Å². The Hall–Kier alpha value is -0.410. The number of likely N-dealkylation sites (tertiary alicyclic amines) is 1. The Morgan fingerprint density at radius 3 is 2.00 bits per heavy atom. The molecule has 1 aliphatic heterocycles. The van der Waals surface area contributed by atoms with E-state index < -0.39 is 0 Å². The Balaban J connectivity index is 2.34. The lowest BCUT2D eigenvalue weighted by Gasteiger charge is -2.36. The van der Waals surface area contributed by atoms with Crippen LogP contribution in [0.1, 0.15) is 54.4 Å². The Labute approximate surface area is 112 Å². The molecule has 0 aromatic heterocycles. The maximum Gasteiger partial charge on any atom is 0.152 e. The average molecular weight is 254 g/mol. The van der Waals surface area contributed by atoms with Gasteiger partial charge in [0.1, 0.15) is 0 Å². The minimum absolute atomic E-state index is 0.189. The maximum atomic E-state index is 12.0. The quantitative estimate of drug-likeness (QED) is 0.839. The van der Waals surface area contributed by atoms with Gasteiger partial charge in [-0.2, -0.15) is 0 Å². The number of Topliss-reactive ketones (excluding diaryl/α,β-unsaturated/α-hetero) is 1. The van der Waals surface area contributed by atoms with Crippen molar-refractivity contribution in [1.82, 2.24) is 10.2 Å². The van der Waals surface area contributed by atoms with E-state index in [1.165, 1.54) is 0 Å². The Morgan fingerprint density at radius 1 is 1.11 bits per heavy atom. The van der Waals surface area contributed by atoms with Crippen LogP contribution in [0.2, 0.25) is 0 Å². The van der Waals surface area contributed by atoms with E-state index in [0.717, 1.165) is 25.9 Å². The molecule has 3 nitrogen and oxygen atoms in total. The summed E-state index contributed by atoms with van der Waals surface area (Å²) in [7, 11) is 0. The molecule has 18 heavy (non-hydrogen) atoms. The molecular formula is C15H30N2O. The van der Waals surface area contributed by atoms with E-state index in [-0.39, 0.29) is 11.0 Å². The first kappa shape index (κ1) is 15.6. The lowest BCUT2D eigenvalue weighted by molar-refractivity contribution is -0.127. The van der Waals surface area contributed by atoms with Crippen molar-refractivity contribution in [3.05, 3.63) is 0 Å². The van der Waals surface area contributed by atoms with Gasteiger partial charge in [-0.25, -0.2) is 0 Å². The summed E-state index contributed by atoms with van der Waals surface area (Å²) in [6.45, 7) is 15.3. The molecule has 0 bridgehead atoms. The third-order valence-corrected chi connectivity index (χ3v) is 3.43. The number of nitrogens with zero attached hydrogens (tertiary/aromatic N) is 1. The van der Waals surface area contributed by atoms with Crippen molar-refractivity contribution < 1.29 is 4.79 Å². The third-order valence-electron chi connectivity index (χ3n) is 3.43. The average Bonchev–Trinajstić information content (AvgIpc) is 2.17. The van der Waals surface area contributed by atoms with Crippen molar-refractivity contribution in [3.8, 4) is 0 Å². The van der Waals surface area contributed by atoms with Gasteiger partial charge in [-0.1, -0.05) is 20.8 Å². The minimum Gasteiger partial charge on any atom is -0.309 e. The van der Waals surface area contributed by atoms with Gasteiger partial charge >= 0.3 is 0 Å². The van der Waals surface area contributed by atoms with Gasteiger partial charge < -0.3 is 5.32 Å². The summed E-state index contributed by atoms with van der Waals surface area (Å²) in [4.78, 5) is 14.3. The maximum absolute atomic E-state index is 12.0. The minimum atomic E-state index is -0.208. The monoisotopic (exact) mass is 254 g/mol. The van der Waals surface area contributed by atoms with Crippen LogP contribution in [0.3, 0.4) is 0 Å². The topological polar surface area (TPSA) is 32.3 Å². The first-order valence-corrected chi connectivity index (χ1v) is 7.11. The van der Waals surface area contributed by atoms with Gasteiger partial charge in [0.05, 0.1) is 6.54 Å². The molecular weight excluding hydrogens is 224 g/mol. The van der Waals surface area contributed by atoms with Crippen LogP contribution >= 0.6 is 0 Å². The van der Waals surface area contributed by atoms with Crippen LogP contribution < -0.4 is 5.32 Å². The second-order valence-electron chi connectivity index (χ2n) is 7.62. The van der Waals surface area contributed by atoms with Crippen LogP contribution in [0.4, 0.5) is 0 Å². The molecule has 0 unspecified atom stereocenters. The molecule has 1 rings (SSSR count). The number of ketones is 1. The smallest absolute Gasteiger partial charge is 0.152 e. The Bertz CT molecular complexity index is 278.